The molecule has 0 radical (unpaired) electrons. The fourth-order valence-electron chi connectivity index (χ4n) is 3.22. The van der Waals surface area contributed by atoms with Crippen LogP contribution >= 0.6 is 0 Å². The largest absolute Gasteiger partial charge is 0.323 e. The van der Waals surface area contributed by atoms with Gasteiger partial charge in [0.05, 0.1) is 0 Å². The van der Waals surface area contributed by atoms with Crippen LogP contribution < -0.4 is 16.2 Å². The standard InChI is InChI=1S/C25H18N4O2/c26-16-22-21(17-7-3-1-4-8-17)15-23(29-24(22)30)18-11-13-20(14-12-18)28-25(31)27-19-9-5-2-6-10-19/h1-15H,(H,29,30)(H2,27,28,31). The Bertz CT molecular complexity index is 1310. The average molecular weight is 406 g/mol. The van der Waals surface area contributed by atoms with Gasteiger partial charge >= 0.3 is 6.03 Å². The first-order valence-electron chi connectivity index (χ1n) is 9.60. The lowest BCUT2D eigenvalue weighted by atomic mass is 9.99. The molecular formula is C25H18N4O2. The van der Waals surface area contributed by atoms with Gasteiger partial charge in [-0.3, -0.25) is 4.79 Å². The number of anilines is 2. The molecule has 2 amide bonds. The van der Waals surface area contributed by atoms with Crippen LogP contribution in [0, 0.1) is 11.3 Å². The number of para-hydroxylation sites is 1. The third-order valence-electron chi connectivity index (χ3n) is 4.72. The average Bonchev–Trinajstić information content (AvgIpc) is 2.80. The van der Waals surface area contributed by atoms with Crippen molar-refractivity contribution in [2.75, 3.05) is 10.6 Å². The number of urea groups is 1. The molecule has 0 saturated carbocycles. The van der Waals surface area contributed by atoms with Crippen molar-refractivity contribution in [3.05, 3.63) is 107 Å². The number of hydrogen-bond acceptors (Lipinski definition) is 3. The molecule has 3 aromatic carbocycles. The van der Waals surface area contributed by atoms with Gasteiger partial charge in [0.25, 0.3) is 5.56 Å². The molecule has 0 unspecified atom stereocenters. The third-order valence-corrected chi connectivity index (χ3v) is 4.72. The second-order valence-electron chi connectivity index (χ2n) is 6.80. The van der Waals surface area contributed by atoms with E-state index in [9.17, 15) is 14.9 Å². The van der Waals surface area contributed by atoms with Crippen molar-refractivity contribution in [3.8, 4) is 28.5 Å². The van der Waals surface area contributed by atoms with E-state index in [1.54, 1.807) is 42.5 Å². The molecule has 0 bridgehead atoms. The quantitative estimate of drug-likeness (QED) is 0.433. The second kappa shape index (κ2) is 8.80. The maximum Gasteiger partial charge on any atom is 0.323 e. The number of pyridine rings is 1. The number of carbonyl (C=O) groups is 1. The number of hydrogen-bond donors (Lipinski definition) is 3. The first-order valence-corrected chi connectivity index (χ1v) is 9.60. The van der Waals surface area contributed by atoms with Crippen LogP contribution in [0.25, 0.3) is 22.4 Å². The number of nitrogens with one attached hydrogen (secondary N) is 3. The van der Waals surface area contributed by atoms with Gasteiger partial charge < -0.3 is 15.6 Å². The van der Waals surface area contributed by atoms with Gasteiger partial charge in [-0.1, -0.05) is 60.7 Å². The van der Waals surface area contributed by atoms with Gasteiger partial charge in [0.2, 0.25) is 0 Å². The summed E-state index contributed by atoms with van der Waals surface area (Å²) >= 11 is 0. The molecule has 0 saturated heterocycles. The number of nitriles is 1. The van der Waals surface area contributed by atoms with E-state index in [1.165, 1.54) is 0 Å². The summed E-state index contributed by atoms with van der Waals surface area (Å²) in [6, 6.07) is 29.0. The number of H-pyrrole nitrogens is 1. The molecule has 0 fully saturated rings. The highest BCUT2D eigenvalue weighted by atomic mass is 16.2. The molecule has 3 N–H and O–H groups in total. The van der Waals surface area contributed by atoms with Gasteiger partial charge in [-0.05, 0) is 41.5 Å². The molecule has 0 aliphatic carbocycles. The van der Waals surface area contributed by atoms with E-state index in [1.807, 2.05) is 54.6 Å². The summed E-state index contributed by atoms with van der Waals surface area (Å²) in [5, 5.41) is 15.0. The highest BCUT2D eigenvalue weighted by molar-refractivity contribution is 5.99. The van der Waals surface area contributed by atoms with E-state index in [4.69, 9.17) is 0 Å². The summed E-state index contributed by atoms with van der Waals surface area (Å²) in [4.78, 5) is 27.4. The van der Waals surface area contributed by atoms with E-state index in [2.05, 4.69) is 15.6 Å². The zero-order chi connectivity index (χ0) is 21.6. The smallest absolute Gasteiger partial charge is 0.321 e. The fraction of sp³-hybridized carbons (Fsp3) is 0. The molecule has 1 heterocycles. The van der Waals surface area contributed by atoms with E-state index < -0.39 is 5.56 Å². The predicted octanol–water partition coefficient (Wildman–Crippen LogP) is 5.22. The molecule has 0 aliphatic heterocycles. The first-order chi connectivity index (χ1) is 15.1. The monoisotopic (exact) mass is 406 g/mol. The molecule has 6 nitrogen and oxygen atoms in total. The SMILES string of the molecule is N#Cc1c(-c2ccccc2)cc(-c2ccc(NC(=O)Nc3ccccc3)cc2)[nH]c1=O. The number of aromatic nitrogens is 1. The lowest BCUT2D eigenvalue weighted by Crippen LogP contribution is -2.19. The number of benzene rings is 3. The van der Waals surface area contributed by atoms with E-state index in [0.29, 0.717) is 22.6 Å². The number of carbonyl (C=O) groups excluding carboxylic acids is 1. The molecule has 4 aromatic rings. The summed E-state index contributed by atoms with van der Waals surface area (Å²) < 4.78 is 0. The maximum absolute atomic E-state index is 12.5. The summed E-state index contributed by atoms with van der Waals surface area (Å²) in [5.74, 6) is 0. The minimum absolute atomic E-state index is 0.0748. The van der Waals surface area contributed by atoms with Crippen LogP contribution in [-0.4, -0.2) is 11.0 Å². The normalized spacial score (nSPS) is 10.2. The minimum atomic E-state index is -0.441. The molecule has 4 rings (SSSR count). The van der Waals surface area contributed by atoms with Crippen molar-refractivity contribution in [1.29, 1.82) is 5.26 Å². The summed E-state index contributed by atoms with van der Waals surface area (Å²) in [5.41, 5.74) is 3.65. The van der Waals surface area contributed by atoms with Crippen LogP contribution in [0.5, 0.6) is 0 Å². The fourth-order valence-corrected chi connectivity index (χ4v) is 3.22. The van der Waals surface area contributed by atoms with Crippen LogP contribution in [-0.2, 0) is 0 Å². The highest BCUT2D eigenvalue weighted by Gasteiger charge is 2.12. The Balaban J connectivity index is 1.58. The van der Waals surface area contributed by atoms with Gasteiger partial charge in [-0.15, -0.1) is 0 Å². The molecule has 0 atom stereocenters. The Morgan fingerprint density at radius 1 is 0.774 bits per heavy atom. The summed E-state index contributed by atoms with van der Waals surface area (Å²) in [6.07, 6.45) is 0. The summed E-state index contributed by atoms with van der Waals surface area (Å²) in [7, 11) is 0. The zero-order valence-corrected chi connectivity index (χ0v) is 16.4. The Morgan fingerprint density at radius 2 is 1.35 bits per heavy atom. The molecule has 0 spiro atoms. The summed E-state index contributed by atoms with van der Waals surface area (Å²) in [6.45, 7) is 0. The molecule has 1 aromatic heterocycles. The number of aromatic amines is 1. The Kier molecular flexibility index (Phi) is 5.59. The Hall–Kier alpha value is -4.63. The van der Waals surface area contributed by atoms with E-state index in [-0.39, 0.29) is 11.6 Å². The van der Waals surface area contributed by atoms with Crippen molar-refractivity contribution < 1.29 is 4.79 Å². The lowest BCUT2D eigenvalue weighted by molar-refractivity contribution is 0.262. The van der Waals surface area contributed by atoms with Crippen molar-refractivity contribution in [3.63, 3.8) is 0 Å². The molecule has 0 aliphatic rings. The van der Waals surface area contributed by atoms with Crippen LogP contribution in [0.3, 0.4) is 0 Å². The van der Waals surface area contributed by atoms with Crippen LogP contribution in [0.2, 0.25) is 0 Å². The lowest BCUT2D eigenvalue weighted by Gasteiger charge is -2.10. The minimum Gasteiger partial charge on any atom is -0.321 e. The molecular weight excluding hydrogens is 388 g/mol. The molecule has 6 heteroatoms. The van der Waals surface area contributed by atoms with Crippen LogP contribution in [0.15, 0.2) is 95.8 Å². The Labute approximate surface area is 178 Å². The van der Waals surface area contributed by atoms with E-state index >= 15 is 0 Å². The van der Waals surface area contributed by atoms with Crippen LogP contribution in [0.1, 0.15) is 5.56 Å². The van der Waals surface area contributed by atoms with Crippen molar-refractivity contribution in [2.45, 2.75) is 0 Å². The van der Waals surface area contributed by atoms with Crippen LogP contribution in [0.4, 0.5) is 16.2 Å². The zero-order valence-electron chi connectivity index (χ0n) is 16.4. The van der Waals surface area contributed by atoms with Crippen molar-refractivity contribution >= 4 is 17.4 Å². The van der Waals surface area contributed by atoms with Gasteiger partial charge in [0.1, 0.15) is 11.6 Å². The highest BCUT2D eigenvalue weighted by Crippen LogP contribution is 2.26. The van der Waals surface area contributed by atoms with Crippen molar-refractivity contribution in [2.24, 2.45) is 0 Å². The van der Waals surface area contributed by atoms with Gasteiger partial charge in [-0.2, -0.15) is 5.26 Å². The van der Waals surface area contributed by atoms with Crippen molar-refractivity contribution in [1.82, 2.24) is 4.98 Å². The third kappa shape index (κ3) is 4.52. The van der Waals surface area contributed by atoms with Gasteiger partial charge in [0, 0.05) is 22.6 Å². The number of nitrogens with zero attached hydrogens (tertiary/aromatic N) is 1. The predicted molar refractivity (Wildman–Crippen MR) is 122 cm³/mol. The number of rotatable bonds is 4. The molecule has 150 valence electrons. The molecule has 31 heavy (non-hydrogen) atoms. The second-order valence-corrected chi connectivity index (χ2v) is 6.80. The number of amides is 2. The van der Waals surface area contributed by atoms with E-state index in [0.717, 1.165) is 11.1 Å². The van der Waals surface area contributed by atoms with Gasteiger partial charge in [0.15, 0.2) is 0 Å². The maximum atomic E-state index is 12.5. The van der Waals surface area contributed by atoms with Gasteiger partial charge in [-0.25, -0.2) is 4.79 Å². The first kappa shape index (κ1) is 19.7. The Morgan fingerprint density at radius 3 is 1.97 bits per heavy atom. The topological polar surface area (TPSA) is 97.8 Å².